The number of rotatable bonds is 2. The maximum Gasteiger partial charge on any atom is 0.218 e. The van der Waals surface area contributed by atoms with Crippen LogP contribution in [0.25, 0.3) is 0 Å². The van der Waals surface area contributed by atoms with Gasteiger partial charge in [0.05, 0.1) is 0 Å². The topological polar surface area (TPSA) is 53.2 Å². The van der Waals surface area contributed by atoms with Crippen molar-refractivity contribution in [1.82, 2.24) is 3.96 Å². The van der Waals surface area contributed by atoms with Crippen molar-refractivity contribution in [2.75, 3.05) is 11.9 Å². The lowest BCUT2D eigenvalue weighted by atomic mass is 10.3. The molecule has 0 aliphatic rings. The molecule has 1 aromatic heterocycles. The molecular weight excluding hydrogens is 280 g/mol. The fourth-order valence-corrected chi connectivity index (χ4v) is 2.51. The van der Waals surface area contributed by atoms with Gasteiger partial charge in [-0.15, -0.1) is 0 Å². The van der Waals surface area contributed by atoms with Gasteiger partial charge in [-0.25, -0.2) is 3.96 Å². The van der Waals surface area contributed by atoms with Crippen molar-refractivity contribution in [3.05, 3.63) is 45.7 Å². The van der Waals surface area contributed by atoms with E-state index in [1.807, 2.05) is 44.2 Å². The quantitative estimate of drug-likeness (QED) is 0.648. The number of nitrogens with zero attached hydrogens (tertiary/aromatic N) is 2. The molecule has 0 unspecified atom stereocenters. The molecule has 1 aromatic carbocycles. The standard InChI is InChI=1S/C13H15ClN4S/c1-3-16-13(18-12(15)8-9(2)19-18)17-11-6-4-10(14)5-7-11/h4-8,15H,3H2,1-2H3,(H,16,17). The number of hydrogen-bond acceptors (Lipinski definition) is 3. The summed E-state index contributed by atoms with van der Waals surface area (Å²) in [5, 5.41) is 11.8. The number of halogens is 1. The number of nitrogens with one attached hydrogen (secondary N) is 2. The molecule has 19 heavy (non-hydrogen) atoms. The first-order chi connectivity index (χ1) is 9.10. The summed E-state index contributed by atoms with van der Waals surface area (Å²) in [6, 6.07) is 9.23. The summed E-state index contributed by atoms with van der Waals surface area (Å²) in [7, 11) is 0. The van der Waals surface area contributed by atoms with Crippen molar-refractivity contribution in [1.29, 1.82) is 5.41 Å². The van der Waals surface area contributed by atoms with Crippen molar-refractivity contribution in [2.24, 2.45) is 4.99 Å². The second kappa shape index (κ2) is 6.04. The summed E-state index contributed by atoms with van der Waals surface area (Å²) >= 11 is 7.36. The molecule has 2 aromatic rings. The number of benzene rings is 1. The molecular formula is C13H15ClN4S. The molecule has 0 saturated carbocycles. The molecule has 0 atom stereocenters. The van der Waals surface area contributed by atoms with Crippen molar-refractivity contribution in [3.63, 3.8) is 0 Å². The zero-order chi connectivity index (χ0) is 13.8. The SMILES string of the molecule is CCN=C(Nc1ccc(Cl)cc1)n1sc(C)cc1=N. The van der Waals surface area contributed by atoms with Gasteiger partial charge in [-0.05, 0) is 44.2 Å². The van der Waals surface area contributed by atoms with Gasteiger partial charge >= 0.3 is 0 Å². The Labute approximate surface area is 121 Å². The van der Waals surface area contributed by atoms with Gasteiger partial charge in [0, 0.05) is 22.1 Å². The summed E-state index contributed by atoms with van der Waals surface area (Å²) in [6.45, 7) is 4.60. The summed E-state index contributed by atoms with van der Waals surface area (Å²) in [5.41, 5.74) is 1.32. The molecule has 2 N–H and O–H groups in total. The zero-order valence-corrected chi connectivity index (χ0v) is 12.3. The van der Waals surface area contributed by atoms with Gasteiger partial charge in [0.1, 0.15) is 5.49 Å². The van der Waals surface area contributed by atoms with Crippen molar-refractivity contribution in [2.45, 2.75) is 13.8 Å². The minimum Gasteiger partial charge on any atom is -0.325 e. The van der Waals surface area contributed by atoms with Gasteiger partial charge in [-0.3, -0.25) is 10.4 Å². The van der Waals surface area contributed by atoms with E-state index in [1.165, 1.54) is 11.5 Å². The average Bonchev–Trinajstić information content (AvgIpc) is 2.71. The van der Waals surface area contributed by atoms with Gasteiger partial charge in [0.25, 0.3) is 0 Å². The Kier molecular flexibility index (Phi) is 4.39. The highest BCUT2D eigenvalue weighted by atomic mass is 35.5. The van der Waals surface area contributed by atoms with E-state index in [9.17, 15) is 0 Å². The van der Waals surface area contributed by atoms with Crippen LogP contribution in [0.2, 0.25) is 5.02 Å². The van der Waals surface area contributed by atoms with Gasteiger partial charge in [-0.1, -0.05) is 23.1 Å². The second-order valence-corrected chi connectivity index (χ2v) is 5.58. The first kappa shape index (κ1) is 13.8. The van der Waals surface area contributed by atoms with E-state index in [0.717, 1.165) is 10.6 Å². The third-order valence-electron chi connectivity index (χ3n) is 2.39. The normalized spacial score (nSPS) is 11.6. The van der Waals surface area contributed by atoms with E-state index in [4.69, 9.17) is 17.0 Å². The first-order valence-electron chi connectivity index (χ1n) is 5.92. The van der Waals surface area contributed by atoms with Crippen LogP contribution in [-0.4, -0.2) is 16.5 Å². The summed E-state index contributed by atoms with van der Waals surface area (Å²) in [5.74, 6) is 0.660. The Hall–Kier alpha value is -1.59. The lowest BCUT2D eigenvalue weighted by molar-refractivity contribution is 1.03. The molecule has 100 valence electrons. The first-order valence-corrected chi connectivity index (χ1v) is 7.07. The van der Waals surface area contributed by atoms with Gasteiger partial charge in [0.15, 0.2) is 0 Å². The van der Waals surface area contributed by atoms with E-state index >= 15 is 0 Å². The molecule has 0 fully saturated rings. The number of aromatic nitrogens is 1. The van der Waals surface area contributed by atoms with Crippen LogP contribution in [0.15, 0.2) is 35.3 Å². The minimum atomic E-state index is 0.427. The lowest BCUT2D eigenvalue weighted by Crippen LogP contribution is -2.28. The van der Waals surface area contributed by atoms with Crippen LogP contribution in [0.1, 0.15) is 11.8 Å². The van der Waals surface area contributed by atoms with Gasteiger partial charge in [-0.2, -0.15) is 0 Å². The highest BCUT2D eigenvalue weighted by Crippen LogP contribution is 2.14. The van der Waals surface area contributed by atoms with Crippen molar-refractivity contribution in [3.8, 4) is 0 Å². The number of hydrogen-bond donors (Lipinski definition) is 2. The number of aliphatic imine (C=N–C) groups is 1. The molecule has 0 aliphatic carbocycles. The third-order valence-corrected chi connectivity index (χ3v) is 3.60. The van der Waals surface area contributed by atoms with Crippen LogP contribution in [0.3, 0.4) is 0 Å². The van der Waals surface area contributed by atoms with Crippen molar-refractivity contribution >= 4 is 34.8 Å². The molecule has 0 radical (unpaired) electrons. The molecule has 2 rings (SSSR count). The van der Waals surface area contributed by atoms with E-state index < -0.39 is 0 Å². The Bertz CT molecular complexity index is 639. The second-order valence-electron chi connectivity index (χ2n) is 3.96. The lowest BCUT2D eigenvalue weighted by Gasteiger charge is -2.10. The minimum absolute atomic E-state index is 0.427. The number of anilines is 1. The van der Waals surface area contributed by atoms with E-state index in [2.05, 4.69) is 10.3 Å². The van der Waals surface area contributed by atoms with Crippen LogP contribution >= 0.6 is 23.1 Å². The summed E-state index contributed by atoms with van der Waals surface area (Å²) < 4.78 is 1.77. The molecule has 6 heteroatoms. The van der Waals surface area contributed by atoms with Gasteiger partial charge < -0.3 is 5.32 Å². The van der Waals surface area contributed by atoms with E-state index in [-0.39, 0.29) is 0 Å². The van der Waals surface area contributed by atoms with E-state index in [0.29, 0.717) is 23.0 Å². The smallest absolute Gasteiger partial charge is 0.218 e. The largest absolute Gasteiger partial charge is 0.325 e. The fourth-order valence-electron chi connectivity index (χ4n) is 1.59. The Morgan fingerprint density at radius 3 is 2.63 bits per heavy atom. The molecule has 0 amide bonds. The molecule has 0 saturated heterocycles. The van der Waals surface area contributed by atoms with Crippen LogP contribution in [-0.2, 0) is 0 Å². The Morgan fingerprint density at radius 1 is 1.42 bits per heavy atom. The zero-order valence-electron chi connectivity index (χ0n) is 10.8. The fraction of sp³-hybridized carbons (Fsp3) is 0.231. The Morgan fingerprint density at radius 2 is 2.11 bits per heavy atom. The maximum atomic E-state index is 7.93. The highest BCUT2D eigenvalue weighted by Gasteiger charge is 2.06. The predicted molar refractivity (Wildman–Crippen MR) is 81.3 cm³/mol. The highest BCUT2D eigenvalue weighted by molar-refractivity contribution is 7.07. The molecule has 0 bridgehead atoms. The Balaban J connectivity index is 2.32. The van der Waals surface area contributed by atoms with Crippen LogP contribution in [0, 0.1) is 12.3 Å². The molecule has 4 nitrogen and oxygen atoms in total. The molecule has 0 spiro atoms. The van der Waals surface area contributed by atoms with Crippen molar-refractivity contribution < 1.29 is 0 Å². The molecule has 1 heterocycles. The monoisotopic (exact) mass is 294 g/mol. The van der Waals surface area contributed by atoms with Crippen LogP contribution in [0.4, 0.5) is 5.69 Å². The number of aryl methyl sites for hydroxylation is 1. The third kappa shape index (κ3) is 3.45. The van der Waals surface area contributed by atoms with Crippen LogP contribution in [0.5, 0.6) is 0 Å². The summed E-state index contributed by atoms with van der Waals surface area (Å²) in [4.78, 5) is 5.49. The van der Waals surface area contributed by atoms with E-state index in [1.54, 1.807) is 3.96 Å². The predicted octanol–water partition coefficient (Wildman–Crippen LogP) is 3.33. The van der Waals surface area contributed by atoms with Crippen LogP contribution < -0.4 is 10.8 Å². The average molecular weight is 295 g/mol. The summed E-state index contributed by atoms with van der Waals surface area (Å²) in [6.07, 6.45) is 0. The van der Waals surface area contributed by atoms with Gasteiger partial charge in [0.2, 0.25) is 5.96 Å². The molecule has 0 aliphatic heterocycles. The maximum absolute atomic E-state index is 7.93.